The fourth-order valence-electron chi connectivity index (χ4n) is 2.55. The molecule has 1 aromatic carbocycles. The van der Waals surface area contributed by atoms with Gasteiger partial charge in [0.15, 0.2) is 0 Å². The topological polar surface area (TPSA) is 58.6 Å². The zero-order chi connectivity index (χ0) is 15.3. The van der Waals surface area contributed by atoms with Crippen molar-refractivity contribution in [2.75, 3.05) is 33.3 Å². The maximum atomic E-state index is 12.6. The van der Waals surface area contributed by atoms with E-state index in [1.807, 2.05) is 14.0 Å². The first kappa shape index (κ1) is 19.2. The summed E-state index contributed by atoms with van der Waals surface area (Å²) in [5.74, 6) is 1.11. The quantitative estimate of drug-likeness (QED) is 0.820. The molecule has 0 bridgehead atoms. The Morgan fingerprint density at radius 1 is 1.32 bits per heavy atom. The summed E-state index contributed by atoms with van der Waals surface area (Å²) in [6, 6.07) is 6.71. The summed E-state index contributed by atoms with van der Waals surface area (Å²) in [5, 5.41) is 3.11. The number of hydrogen-bond acceptors (Lipinski definition) is 4. The summed E-state index contributed by atoms with van der Waals surface area (Å²) >= 11 is 0. The van der Waals surface area contributed by atoms with Crippen LogP contribution >= 0.6 is 12.4 Å². The molecule has 1 N–H and O–H groups in total. The number of rotatable bonds is 7. The van der Waals surface area contributed by atoms with Crippen LogP contribution in [0, 0.1) is 5.92 Å². The van der Waals surface area contributed by atoms with Crippen molar-refractivity contribution in [1.29, 1.82) is 0 Å². The standard InChI is InChI=1S/C15H24N2O3S.ClH/c1-3-10-20-14-4-6-15(7-5-14)21(18,19)17-9-8-13(12-17)11-16-2;/h4-7,13,16H,3,8-12H2,1-2H3;1H. The molecule has 5 nitrogen and oxygen atoms in total. The predicted octanol–water partition coefficient (Wildman–Crippen LogP) is 2.13. The van der Waals surface area contributed by atoms with Crippen molar-refractivity contribution < 1.29 is 13.2 Å². The average molecular weight is 349 g/mol. The minimum absolute atomic E-state index is 0. The van der Waals surface area contributed by atoms with Gasteiger partial charge in [0.2, 0.25) is 10.0 Å². The van der Waals surface area contributed by atoms with Crippen molar-refractivity contribution in [1.82, 2.24) is 9.62 Å². The molecule has 0 radical (unpaired) electrons. The van der Waals surface area contributed by atoms with Crippen molar-refractivity contribution in [3.8, 4) is 5.75 Å². The van der Waals surface area contributed by atoms with Gasteiger partial charge in [-0.15, -0.1) is 12.4 Å². The van der Waals surface area contributed by atoms with Gasteiger partial charge in [0.05, 0.1) is 11.5 Å². The maximum absolute atomic E-state index is 12.6. The third kappa shape index (κ3) is 4.59. The van der Waals surface area contributed by atoms with Crippen LogP contribution < -0.4 is 10.1 Å². The van der Waals surface area contributed by atoms with E-state index in [0.29, 0.717) is 36.3 Å². The van der Waals surface area contributed by atoms with Gasteiger partial charge in [0, 0.05) is 13.1 Å². The molecule has 1 heterocycles. The van der Waals surface area contributed by atoms with Crippen LogP contribution in [0.3, 0.4) is 0 Å². The van der Waals surface area contributed by atoms with Crippen molar-refractivity contribution in [2.24, 2.45) is 5.92 Å². The molecular formula is C15H25ClN2O3S. The number of nitrogens with one attached hydrogen (secondary N) is 1. The summed E-state index contributed by atoms with van der Waals surface area (Å²) in [6.45, 7) is 4.73. The highest BCUT2D eigenvalue weighted by Crippen LogP contribution is 2.25. The second-order valence-electron chi connectivity index (χ2n) is 5.40. The van der Waals surface area contributed by atoms with Gasteiger partial charge in [0.25, 0.3) is 0 Å². The number of sulfonamides is 1. The van der Waals surface area contributed by atoms with Crippen LogP contribution in [0.15, 0.2) is 29.2 Å². The second kappa shape index (κ2) is 8.72. The van der Waals surface area contributed by atoms with E-state index in [4.69, 9.17) is 4.74 Å². The number of halogens is 1. The lowest BCUT2D eigenvalue weighted by atomic mass is 10.1. The van der Waals surface area contributed by atoms with Gasteiger partial charge in [-0.05, 0) is 56.6 Å². The van der Waals surface area contributed by atoms with E-state index in [2.05, 4.69) is 5.32 Å². The van der Waals surface area contributed by atoms with Gasteiger partial charge in [-0.2, -0.15) is 4.31 Å². The molecule has 1 fully saturated rings. The molecule has 1 aromatic rings. The highest BCUT2D eigenvalue weighted by molar-refractivity contribution is 7.89. The molecule has 1 saturated heterocycles. The predicted molar refractivity (Wildman–Crippen MR) is 90.3 cm³/mol. The Bertz CT molecular complexity index is 548. The second-order valence-corrected chi connectivity index (χ2v) is 7.33. The SMILES string of the molecule is CCCOc1ccc(S(=O)(=O)N2CCC(CNC)C2)cc1.Cl. The number of ether oxygens (including phenoxy) is 1. The number of nitrogens with zero attached hydrogens (tertiary/aromatic N) is 1. The van der Waals surface area contributed by atoms with Crippen molar-refractivity contribution in [2.45, 2.75) is 24.7 Å². The molecule has 0 amide bonds. The van der Waals surface area contributed by atoms with E-state index in [-0.39, 0.29) is 12.4 Å². The van der Waals surface area contributed by atoms with Crippen LogP contribution in [-0.4, -0.2) is 46.0 Å². The zero-order valence-electron chi connectivity index (χ0n) is 13.1. The van der Waals surface area contributed by atoms with Crippen LogP contribution in [0.2, 0.25) is 0 Å². The maximum Gasteiger partial charge on any atom is 0.243 e. The molecule has 0 aliphatic carbocycles. The monoisotopic (exact) mass is 348 g/mol. The fraction of sp³-hybridized carbons (Fsp3) is 0.600. The third-order valence-corrected chi connectivity index (χ3v) is 5.56. The first-order valence-electron chi connectivity index (χ1n) is 7.45. The minimum Gasteiger partial charge on any atom is -0.494 e. The molecule has 2 rings (SSSR count). The minimum atomic E-state index is -3.38. The molecule has 1 aliphatic rings. The Kier molecular flexibility index (Phi) is 7.62. The summed E-state index contributed by atoms with van der Waals surface area (Å²) in [5.41, 5.74) is 0. The van der Waals surface area contributed by atoms with Gasteiger partial charge < -0.3 is 10.1 Å². The smallest absolute Gasteiger partial charge is 0.243 e. The molecule has 1 atom stereocenters. The highest BCUT2D eigenvalue weighted by atomic mass is 35.5. The molecular weight excluding hydrogens is 324 g/mol. The first-order valence-corrected chi connectivity index (χ1v) is 8.89. The molecule has 0 saturated carbocycles. The van der Waals surface area contributed by atoms with Gasteiger partial charge in [-0.25, -0.2) is 8.42 Å². The molecule has 0 spiro atoms. The number of hydrogen-bond donors (Lipinski definition) is 1. The molecule has 126 valence electrons. The van der Waals surface area contributed by atoms with E-state index in [1.165, 1.54) is 0 Å². The van der Waals surface area contributed by atoms with E-state index >= 15 is 0 Å². The Morgan fingerprint density at radius 3 is 2.59 bits per heavy atom. The van der Waals surface area contributed by atoms with Crippen LogP contribution in [0.25, 0.3) is 0 Å². The van der Waals surface area contributed by atoms with Crippen LogP contribution in [0.4, 0.5) is 0 Å². The Hall–Kier alpha value is -0.820. The van der Waals surface area contributed by atoms with Crippen molar-refractivity contribution in [3.63, 3.8) is 0 Å². The lowest BCUT2D eigenvalue weighted by Gasteiger charge is -2.17. The van der Waals surface area contributed by atoms with Gasteiger partial charge >= 0.3 is 0 Å². The lowest BCUT2D eigenvalue weighted by molar-refractivity contribution is 0.317. The van der Waals surface area contributed by atoms with Crippen LogP contribution in [0.5, 0.6) is 5.75 Å². The average Bonchev–Trinajstić information content (AvgIpc) is 2.95. The number of benzene rings is 1. The largest absolute Gasteiger partial charge is 0.494 e. The molecule has 7 heteroatoms. The Balaban J connectivity index is 0.00000242. The Labute approximate surface area is 139 Å². The normalized spacial score (nSPS) is 18.9. The van der Waals surface area contributed by atoms with Crippen LogP contribution in [-0.2, 0) is 10.0 Å². The van der Waals surface area contributed by atoms with Crippen molar-refractivity contribution in [3.05, 3.63) is 24.3 Å². The summed E-state index contributed by atoms with van der Waals surface area (Å²) in [4.78, 5) is 0.344. The van der Waals surface area contributed by atoms with E-state index in [1.54, 1.807) is 28.6 Å². The van der Waals surface area contributed by atoms with Gasteiger partial charge in [0.1, 0.15) is 5.75 Å². The van der Waals surface area contributed by atoms with Crippen molar-refractivity contribution >= 4 is 22.4 Å². The summed E-state index contributed by atoms with van der Waals surface area (Å²) in [7, 11) is -1.48. The third-order valence-electron chi connectivity index (χ3n) is 3.68. The highest BCUT2D eigenvalue weighted by Gasteiger charge is 2.32. The zero-order valence-corrected chi connectivity index (χ0v) is 14.8. The van der Waals surface area contributed by atoms with E-state index in [0.717, 1.165) is 19.4 Å². The fourth-order valence-corrected chi connectivity index (χ4v) is 4.08. The summed E-state index contributed by atoms with van der Waals surface area (Å²) < 4.78 is 32.2. The Morgan fingerprint density at radius 2 is 2.00 bits per heavy atom. The van der Waals surface area contributed by atoms with Gasteiger partial charge in [-0.1, -0.05) is 6.92 Å². The lowest BCUT2D eigenvalue weighted by Crippen LogP contribution is -2.30. The van der Waals surface area contributed by atoms with E-state index in [9.17, 15) is 8.42 Å². The molecule has 22 heavy (non-hydrogen) atoms. The van der Waals surface area contributed by atoms with Crippen LogP contribution in [0.1, 0.15) is 19.8 Å². The van der Waals surface area contributed by atoms with Gasteiger partial charge in [-0.3, -0.25) is 0 Å². The first-order chi connectivity index (χ1) is 10.1. The molecule has 1 unspecified atom stereocenters. The summed E-state index contributed by atoms with van der Waals surface area (Å²) in [6.07, 6.45) is 1.85. The molecule has 1 aliphatic heterocycles. The molecule has 0 aromatic heterocycles. The van der Waals surface area contributed by atoms with E-state index < -0.39 is 10.0 Å².